The van der Waals surface area contributed by atoms with Crippen LogP contribution < -0.4 is 10.0 Å². The minimum absolute atomic E-state index is 0.386. The maximum absolute atomic E-state index is 11.9. The predicted molar refractivity (Wildman–Crippen MR) is 71.8 cm³/mol. The van der Waals surface area contributed by atoms with Crippen LogP contribution in [0.15, 0.2) is 18.7 Å². The molecule has 0 aliphatic carbocycles. The van der Waals surface area contributed by atoms with Crippen LogP contribution in [-0.4, -0.2) is 42.9 Å². The van der Waals surface area contributed by atoms with Gasteiger partial charge in [-0.15, -0.1) is 0 Å². The van der Waals surface area contributed by atoms with Gasteiger partial charge in [0.05, 0.1) is 11.6 Å². The van der Waals surface area contributed by atoms with E-state index in [9.17, 15) is 8.42 Å². The van der Waals surface area contributed by atoms with Gasteiger partial charge in [0.2, 0.25) is 10.0 Å². The summed E-state index contributed by atoms with van der Waals surface area (Å²) in [7, 11) is -3.24. The van der Waals surface area contributed by atoms with E-state index in [0.29, 0.717) is 19.6 Å². The molecule has 0 aliphatic heterocycles. The highest BCUT2D eigenvalue weighted by Gasteiger charge is 2.19. The van der Waals surface area contributed by atoms with Crippen molar-refractivity contribution in [3.05, 3.63) is 18.7 Å². The Kier molecular flexibility index (Phi) is 6.31. The Balaban J connectivity index is 2.30. The minimum Gasteiger partial charge on any atom is -0.336 e. The van der Waals surface area contributed by atoms with Crippen molar-refractivity contribution in [3.63, 3.8) is 0 Å². The Morgan fingerprint density at radius 2 is 2.17 bits per heavy atom. The second-order valence-electron chi connectivity index (χ2n) is 4.25. The van der Waals surface area contributed by atoms with E-state index in [-0.39, 0.29) is 0 Å². The highest BCUT2D eigenvalue weighted by molar-refractivity contribution is 7.90. The number of rotatable bonds is 9. The summed E-state index contributed by atoms with van der Waals surface area (Å²) in [5.41, 5.74) is 0. The molecule has 0 saturated heterocycles. The lowest BCUT2D eigenvalue weighted by Crippen LogP contribution is -2.40. The van der Waals surface area contributed by atoms with Gasteiger partial charge in [-0.05, 0) is 19.9 Å². The van der Waals surface area contributed by atoms with Crippen LogP contribution in [0.1, 0.15) is 20.3 Å². The Morgan fingerprint density at radius 3 is 2.78 bits per heavy atom. The predicted octanol–water partition coefficient (Wildman–Crippen LogP) is 0.191. The molecule has 18 heavy (non-hydrogen) atoms. The van der Waals surface area contributed by atoms with Crippen molar-refractivity contribution in [2.75, 3.05) is 19.6 Å². The van der Waals surface area contributed by atoms with Crippen LogP contribution in [0.4, 0.5) is 0 Å². The molecule has 0 saturated carbocycles. The molecule has 7 heteroatoms. The molecule has 1 aromatic rings. The zero-order valence-electron chi connectivity index (χ0n) is 11.0. The van der Waals surface area contributed by atoms with Crippen molar-refractivity contribution in [1.29, 1.82) is 0 Å². The first kappa shape index (κ1) is 15.1. The first-order valence-electron chi connectivity index (χ1n) is 6.21. The van der Waals surface area contributed by atoms with Crippen molar-refractivity contribution in [2.45, 2.75) is 32.1 Å². The molecule has 6 nitrogen and oxygen atoms in total. The fraction of sp³-hybridized carbons (Fsp3) is 0.727. The van der Waals surface area contributed by atoms with Gasteiger partial charge in [-0.1, -0.05) is 6.92 Å². The first-order valence-corrected chi connectivity index (χ1v) is 7.76. The van der Waals surface area contributed by atoms with E-state index in [1.165, 1.54) is 0 Å². The summed E-state index contributed by atoms with van der Waals surface area (Å²) in [4.78, 5) is 3.90. The number of hydrogen-bond donors (Lipinski definition) is 2. The van der Waals surface area contributed by atoms with Crippen LogP contribution in [0.5, 0.6) is 0 Å². The molecule has 1 atom stereocenters. The minimum atomic E-state index is -3.24. The molecule has 2 N–H and O–H groups in total. The number of sulfonamides is 1. The zero-order valence-corrected chi connectivity index (χ0v) is 11.8. The van der Waals surface area contributed by atoms with Crippen molar-refractivity contribution in [1.82, 2.24) is 19.6 Å². The number of imidazole rings is 1. The van der Waals surface area contributed by atoms with Crippen LogP contribution in [0.25, 0.3) is 0 Å². The first-order chi connectivity index (χ1) is 8.56. The van der Waals surface area contributed by atoms with Crippen LogP contribution >= 0.6 is 0 Å². The van der Waals surface area contributed by atoms with E-state index in [1.54, 1.807) is 25.6 Å². The second kappa shape index (κ2) is 7.50. The molecular formula is C11H22N4O2S. The molecule has 1 heterocycles. The van der Waals surface area contributed by atoms with E-state index in [4.69, 9.17) is 0 Å². The Morgan fingerprint density at radius 1 is 1.39 bits per heavy atom. The van der Waals surface area contributed by atoms with Gasteiger partial charge in [-0.25, -0.2) is 18.1 Å². The summed E-state index contributed by atoms with van der Waals surface area (Å²) in [6, 6.07) is 0. The SMILES string of the molecule is CCCNCC(C)S(=O)(=O)NCCn1ccnc1. The van der Waals surface area contributed by atoms with Gasteiger partial charge in [0, 0.05) is 32.0 Å². The van der Waals surface area contributed by atoms with Gasteiger partial charge in [-0.2, -0.15) is 0 Å². The Bertz CT molecular complexity index is 416. The van der Waals surface area contributed by atoms with E-state index in [0.717, 1.165) is 13.0 Å². The summed E-state index contributed by atoms with van der Waals surface area (Å²) >= 11 is 0. The second-order valence-corrected chi connectivity index (χ2v) is 6.44. The van der Waals surface area contributed by atoms with Crippen LogP contribution in [0, 0.1) is 0 Å². The molecule has 0 aliphatic rings. The van der Waals surface area contributed by atoms with Crippen molar-refractivity contribution >= 4 is 10.0 Å². The van der Waals surface area contributed by atoms with Crippen LogP contribution in [0.3, 0.4) is 0 Å². The smallest absolute Gasteiger partial charge is 0.215 e. The lowest BCUT2D eigenvalue weighted by atomic mass is 10.4. The number of nitrogens with one attached hydrogen (secondary N) is 2. The quantitative estimate of drug-likeness (QED) is 0.630. The lowest BCUT2D eigenvalue weighted by Gasteiger charge is -2.14. The monoisotopic (exact) mass is 274 g/mol. The molecular weight excluding hydrogens is 252 g/mol. The molecule has 1 rings (SSSR count). The Labute approximate surface area is 109 Å². The molecule has 1 unspecified atom stereocenters. The molecule has 1 aromatic heterocycles. The van der Waals surface area contributed by atoms with Crippen molar-refractivity contribution in [2.24, 2.45) is 0 Å². The Hall–Kier alpha value is -0.920. The van der Waals surface area contributed by atoms with E-state index >= 15 is 0 Å². The van der Waals surface area contributed by atoms with Gasteiger partial charge in [-0.3, -0.25) is 0 Å². The van der Waals surface area contributed by atoms with Gasteiger partial charge in [0.25, 0.3) is 0 Å². The topological polar surface area (TPSA) is 76.0 Å². The summed E-state index contributed by atoms with van der Waals surface area (Å²) < 4.78 is 28.2. The third kappa shape index (κ3) is 5.16. The van der Waals surface area contributed by atoms with Crippen LogP contribution in [0.2, 0.25) is 0 Å². The number of hydrogen-bond acceptors (Lipinski definition) is 4. The highest BCUT2D eigenvalue weighted by atomic mass is 32.2. The van der Waals surface area contributed by atoms with Crippen molar-refractivity contribution < 1.29 is 8.42 Å². The number of aromatic nitrogens is 2. The fourth-order valence-electron chi connectivity index (χ4n) is 1.47. The molecule has 0 radical (unpaired) electrons. The lowest BCUT2D eigenvalue weighted by molar-refractivity contribution is 0.550. The summed E-state index contributed by atoms with van der Waals surface area (Å²) in [5, 5.41) is 2.69. The normalized spacial score (nSPS) is 13.7. The average molecular weight is 274 g/mol. The molecule has 104 valence electrons. The maximum atomic E-state index is 11.9. The van der Waals surface area contributed by atoms with Gasteiger partial charge < -0.3 is 9.88 Å². The zero-order chi connectivity index (χ0) is 13.4. The molecule has 0 amide bonds. The van der Waals surface area contributed by atoms with Crippen LogP contribution in [-0.2, 0) is 16.6 Å². The number of nitrogens with zero attached hydrogens (tertiary/aromatic N) is 2. The van der Waals surface area contributed by atoms with Gasteiger partial charge >= 0.3 is 0 Å². The van der Waals surface area contributed by atoms with E-state index in [2.05, 4.69) is 21.9 Å². The summed E-state index contributed by atoms with van der Waals surface area (Å²) in [5.74, 6) is 0. The van der Waals surface area contributed by atoms with Gasteiger partial charge in [0.15, 0.2) is 0 Å². The summed E-state index contributed by atoms with van der Waals surface area (Å²) in [6.45, 7) is 6.06. The highest BCUT2D eigenvalue weighted by Crippen LogP contribution is 1.97. The largest absolute Gasteiger partial charge is 0.336 e. The molecule has 0 aromatic carbocycles. The standard InChI is InChI=1S/C11H22N4O2S/c1-3-4-12-9-11(2)18(16,17)14-6-8-15-7-5-13-10-15/h5,7,10-12,14H,3-4,6,8-9H2,1-2H3. The van der Waals surface area contributed by atoms with Gasteiger partial charge in [0.1, 0.15) is 0 Å². The summed E-state index contributed by atoms with van der Waals surface area (Å²) in [6.07, 6.45) is 6.15. The third-order valence-electron chi connectivity index (χ3n) is 2.62. The maximum Gasteiger partial charge on any atom is 0.215 e. The fourth-order valence-corrected chi connectivity index (χ4v) is 2.47. The third-order valence-corrected chi connectivity index (χ3v) is 4.45. The average Bonchev–Trinajstić information content (AvgIpc) is 2.82. The molecule has 0 bridgehead atoms. The van der Waals surface area contributed by atoms with E-state index < -0.39 is 15.3 Å². The van der Waals surface area contributed by atoms with Crippen molar-refractivity contribution in [3.8, 4) is 0 Å². The molecule has 0 fully saturated rings. The molecule has 0 spiro atoms. The van der Waals surface area contributed by atoms with E-state index in [1.807, 2.05) is 4.57 Å².